The average molecular weight is 140 g/mol. The van der Waals surface area contributed by atoms with Crippen LogP contribution in [0.25, 0.3) is 0 Å². The molecule has 0 bridgehead atoms. The SMILES string of the molecule is CC1=CC(C)C(CCO)C1. The molecule has 2 unspecified atom stereocenters. The molecule has 1 rings (SSSR count). The maximum atomic E-state index is 8.71. The lowest BCUT2D eigenvalue weighted by molar-refractivity contribution is 0.244. The minimum Gasteiger partial charge on any atom is -0.396 e. The van der Waals surface area contributed by atoms with E-state index in [2.05, 4.69) is 19.9 Å². The molecule has 0 fully saturated rings. The fourth-order valence-electron chi connectivity index (χ4n) is 1.78. The van der Waals surface area contributed by atoms with E-state index in [0.717, 1.165) is 6.42 Å². The third-order valence-electron chi connectivity index (χ3n) is 2.38. The van der Waals surface area contributed by atoms with Gasteiger partial charge in [0.15, 0.2) is 0 Å². The standard InChI is InChI=1S/C9H16O/c1-7-5-8(2)9(6-7)3-4-10/h5,8-10H,3-4,6H2,1-2H3. The number of hydrogen-bond acceptors (Lipinski definition) is 1. The van der Waals surface area contributed by atoms with Crippen LogP contribution in [0.15, 0.2) is 11.6 Å². The molecule has 0 radical (unpaired) electrons. The molecule has 0 spiro atoms. The number of allylic oxidation sites excluding steroid dienone is 2. The van der Waals surface area contributed by atoms with Gasteiger partial charge in [0.25, 0.3) is 0 Å². The molecular formula is C9H16O. The van der Waals surface area contributed by atoms with Crippen molar-refractivity contribution in [3.8, 4) is 0 Å². The van der Waals surface area contributed by atoms with E-state index < -0.39 is 0 Å². The molecule has 0 amide bonds. The maximum Gasteiger partial charge on any atom is 0.0433 e. The Kier molecular flexibility index (Phi) is 2.50. The second-order valence-electron chi connectivity index (χ2n) is 3.35. The smallest absolute Gasteiger partial charge is 0.0433 e. The summed E-state index contributed by atoms with van der Waals surface area (Å²) in [4.78, 5) is 0. The number of aliphatic hydroxyl groups excluding tert-OH is 1. The lowest BCUT2D eigenvalue weighted by Gasteiger charge is -2.12. The molecular weight excluding hydrogens is 124 g/mol. The Morgan fingerprint density at radius 2 is 2.40 bits per heavy atom. The Labute approximate surface area is 62.8 Å². The van der Waals surface area contributed by atoms with Gasteiger partial charge in [-0.3, -0.25) is 0 Å². The number of rotatable bonds is 2. The fourth-order valence-corrected chi connectivity index (χ4v) is 1.78. The van der Waals surface area contributed by atoms with Gasteiger partial charge < -0.3 is 5.11 Å². The van der Waals surface area contributed by atoms with Gasteiger partial charge >= 0.3 is 0 Å². The normalized spacial score (nSPS) is 32.5. The van der Waals surface area contributed by atoms with Crippen molar-refractivity contribution < 1.29 is 5.11 Å². The molecule has 1 N–H and O–H groups in total. The molecule has 0 aliphatic heterocycles. The van der Waals surface area contributed by atoms with Gasteiger partial charge in [-0.2, -0.15) is 0 Å². The second-order valence-corrected chi connectivity index (χ2v) is 3.35. The van der Waals surface area contributed by atoms with Gasteiger partial charge in [0.05, 0.1) is 0 Å². The molecule has 0 aromatic rings. The first kappa shape index (κ1) is 7.80. The molecule has 0 saturated carbocycles. The van der Waals surface area contributed by atoms with Crippen molar-refractivity contribution in [2.24, 2.45) is 11.8 Å². The Hall–Kier alpha value is -0.300. The third-order valence-corrected chi connectivity index (χ3v) is 2.38. The lowest BCUT2D eigenvalue weighted by atomic mass is 9.94. The molecule has 2 atom stereocenters. The molecule has 0 heterocycles. The summed E-state index contributed by atoms with van der Waals surface area (Å²) in [5, 5.41) is 8.71. The monoisotopic (exact) mass is 140 g/mol. The molecule has 58 valence electrons. The van der Waals surface area contributed by atoms with Gasteiger partial charge in [-0.1, -0.05) is 18.6 Å². The van der Waals surface area contributed by atoms with Crippen molar-refractivity contribution in [2.45, 2.75) is 26.7 Å². The quantitative estimate of drug-likeness (QED) is 0.581. The summed E-state index contributed by atoms with van der Waals surface area (Å²) in [5.74, 6) is 1.40. The summed E-state index contributed by atoms with van der Waals surface area (Å²) in [5.41, 5.74) is 1.49. The van der Waals surface area contributed by atoms with Gasteiger partial charge in [0.1, 0.15) is 0 Å². The maximum absolute atomic E-state index is 8.71. The summed E-state index contributed by atoms with van der Waals surface area (Å²) in [6.07, 6.45) is 4.48. The van der Waals surface area contributed by atoms with Gasteiger partial charge in [-0.05, 0) is 31.6 Å². The second kappa shape index (κ2) is 3.20. The Morgan fingerprint density at radius 1 is 1.70 bits per heavy atom. The lowest BCUT2D eigenvalue weighted by Crippen LogP contribution is -2.06. The summed E-state index contributed by atoms with van der Waals surface area (Å²) in [6.45, 7) is 4.75. The van der Waals surface area contributed by atoms with Crippen LogP contribution in [0.2, 0.25) is 0 Å². The van der Waals surface area contributed by atoms with E-state index in [1.54, 1.807) is 0 Å². The highest BCUT2D eigenvalue weighted by Crippen LogP contribution is 2.31. The number of hydrogen-bond donors (Lipinski definition) is 1. The van der Waals surface area contributed by atoms with Gasteiger partial charge in [0.2, 0.25) is 0 Å². The van der Waals surface area contributed by atoms with E-state index in [-0.39, 0.29) is 0 Å². The topological polar surface area (TPSA) is 20.2 Å². The zero-order valence-electron chi connectivity index (χ0n) is 6.80. The van der Waals surface area contributed by atoms with E-state index in [4.69, 9.17) is 5.11 Å². The largest absolute Gasteiger partial charge is 0.396 e. The Bertz CT molecular complexity index is 138. The summed E-state index contributed by atoms with van der Waals surface area (Å²) in [6, 6.07) is 0. The zero-order chi connectivity index (χ0) is 7.56. The molecule has 1 aliphatic rings. The predicted octanol–water partition coefficient (Wildman–Crippen LogP) is 1.97. The van der Waals surface area contributed by atoms with Crippen molar-refractivity contribution >= 4 is 0 Å². The highest BCUT2D eigenvalue weighted by atomic mass is 16.3. The van der Waals surface area contributed by atoms with Crippen molar-refractivity contribution in [1.29, 1.82) is 0 Å². The first-order valence-electron chi connectivity index (χ1n) is 4.02. The Morgan fingerprint density at radius 3 is 2.80 bits per heavy atom. The summed E-state index contributed by atoms with van der Waals surface area (Å²) < 4.78 is 0. The predicted molar refractivity (Wildman–Crippen MR) is 42.7 cm³/mol. The van der Waals surface area contributed by atoms with Crippen LogP contribution in [-0.4, -0.2) is 11.7 Å². The van der Waals surface area contributed by atoms with Crippen LogP contribution >= 0.6 is 0 Å². The average Bonchev–Trinajstić information content (AvgIpc) is 2.13. The van der Waals surface area contributed by atoms with Crippen molar-refractivity contribution in [3.05, 3.63) is 11.6 Å². The first-order chi connectivity index (χ1) is 4.74. The van der Waals surface area contributed by atoms with Crippen molar-refractivity contribution in [3.63, 3.8) is 0 Å². The van der Waals surface area contributed by atoms with Crippen molar-refractivity contribution in [1.82, 2.24) is 0 Å². The highest BCUT2D eigenvalue weighted by molar-refractivity contribution is 5.10. The van der Waals surface area contributed by atoms with Crippen LogP contribution in [-0.2, 0) is 0 Å². The summed E-state index contributed by atoms with van der Waals surface area (Å²) in [7, 11) is 0. The van der Waals surface area contributed by atoms with Crippen molar-refractivity contribution in [2.75, 3.05) is 6.61 Å². The van der Waals surface area contributed by atoms with E-state index in [9.17, 15) is 0 Å². The van der Waals surface area contributed by atoms with Crippen LogP contribution in [0.1, 0.15) is 26.7 Å². The van der Waals surface area contributed by atoms with Crippen LogP contribution in [0, 0.1) is 11.8 Å². The molecule has 0 aromatic carbocycles. The molecule has 1 nitrogen and oxygen atoms in total. The van der Waals surface area contributed by atoms with Crippen LogP contribution in [0.3, 0.4) is 0 Å². The highest BCUT2D eigenvalue weighted by Gasteiger charge is 2.20. The van der Waals surface area contributed by atoms with E-state index >= 15 is 0 Å². The minimum absolute atomic E-state index is 0.343. The van der Waals surface area contributed by atoms with Gasteiger partial charge in [0, 0.05) is 6.61 Å². The number of aliphatic hydroxyl groups is 1. The Balaban J connectivity index is 2.39. The van der Waals surface area contributed by atoms with Crippen LogP contribution < -0.4 is 0 Å². The molecule has 0 aromatic heterocycles. The van der Waals surface area contributed by atoms with Gasteiger partial charge in [-0.15, -0.1) is 0 Å². The first-order valence-corrected chi connectivity index (χ1v) is 4.02. The van der Waals surface area contributed by atoms with E-state index in [1.165, 1.54) is 12.0 Å². The van der Waals surface area contributed by atoms with Crippen LogP contribution in [0.5, 0.6) is 0 Å². The molecule has 1 heteroatoms. The van der Waals surface area contributed by atoms with Gasteiger partial charge in [-0.25, -0.2) is 0 Å². The van der Waals surface area contributed by atoms with Crippen LogP contribution in [0.4, 0.5) is 0 Å². The zero-order valence-corrected chi connectivity index (χ0v) is 6.80. The minimum atomic E-state index is 0.343. The molecule has 10 heavy (non-hydrogen) atoms. The van der Waals surface area contributed by atoms with E-state index in [0.29, 0.717) is 18.4 Å². The summed E-state index contributed by atoms with van der Waals surface area (Å²) >= 11 is 0. The molecule has 0 saturated heterocycles. The third kappa shape index (κ3) is 1.60. The fraction of sp³-hybridized carbons (Fsp3) is 0.778. The van der Waals surface area contributed by atoms with E-state index in [1.807, 2.05) is 0 Å². The molecule has 1 aliphatic carbocycles.